The van der Waals surface area contributed by atoms with Gasteiger partial charge in [0.1, 0.15) is 11.8 Å². The summed E-state index contributed by atoms with van der Waals surface area (Å²) in [6.45, 7) is 2.06. The average molecular weight is 586 g/mol. The molecule has 3 saturated heterocycles. The molecule has 6 rings (SSSR count). The first-order valence-electron chi connectivity index (χ1n) is 14.3. The van der Waals surface area contributed by atoms with Crippen molar-refractivity contribution in [1.29, 1.82) is 0 Å². The fourth-order valence-electron chi connectivity index (χ4n) is 7.21. The molecule has 0 saturated carbocycles. The fourth-order valence-corrected chi connectivity index (χ4v) is 9.55. The van der Waals surface area contributed by atoms with E-state index in [-0.39, 0.29) is 24.3 Å². The van der Waals surface area contributed by atoms with Crippen LogP contribution in [0.2, 0.25) is 0 Å². The minimum Gasteiger partial charge on any atom is -0.497 e. The summed E-state index contributed by atoms with van der Waals surface area (Å²) < 4.78 is 3.96. The zero-order valence-electron chi connectivity index (χ0n) is 23.7. The summed E-state index contributed by atoms with van der Waals surface area (Å²) in [4.78, 5) is 44.3. The minimum absolute atomic E-state index is 0.176. The number of carbonyl (C=O) groups excluding carboxylic acids is 3. The van der Waals surface area contributed by atoms with Crippen molar-refractivity contribution in [3.63, 3.8) is 0 Å². The van der Waals surface area contributed by atoms with E-state index in [1.807, 2.05) is 67.6 Å². The minimum atomic E-state index is -0.881. The molecule has 3 fully saturated rings. The molecule has 3 aliphatic heterocycles. The number of likely N-dealkylation sites (tertiary alicyclic amines) is 1. The summed E-state index contributed by atoms with van der Waals surface area (Å²) in [7, 11) is 1.58. The van der Waals surface area contributed by atoms with E-state index in [4.69, 9.17) is 4.74 Å². The van der Waals surface area contributed by atoms with Gasteiger partial charge in [-0.15, -0.1) is 11.8 Å². The molecule has 1 spiro atoms. The molecule has 3 heterocycles. The zero-order chi connectivity index (χ0) is 29.5. The summed E-state index contributed by atoms with van der Waals surface area (Å²) in [6.07, 6.45) is 1.33. The normalized spacial score (nSPS) is 28.3. The van der Waals surface area contributed by atoms with Gasteiger partial charge in [-0.2, -0.15) is 0 Å². The molecule has 9 heteroatoms. The van der Waals surface area contributed by atoms with Crippen LogP contribution in [0, 0.1) is 11.8 Å². The topological polar surface area (TPSA) is 108 Å². The van der Waals surface area contributed by atoms with E-state index in [1.54, 1.807) is 48.0 Å². The molecule has 42 heavy (non-hydrogen) atoms. The van der Waals surface area contributed by atoms with Crippen LogP contribution in [0.15, 0.2) is 84.9 Å². The number of anilines is 1. The Hall–Kier alpha value is -3.82. The van der Waals surface area contributed by atoms with Gasteiger partial charge in [0.05, 0.1) is 36.3 Å². The van der Waals surface area contributed by atoms with Crippen LogP contribution in [0.1, 0.15) is 36.9 Å². The number of nitrogens with one attached hydrogen (secondary N) is 2. The van der Waals surface area contributed by atoms with Gasteiger partial charge in [0, 0.05) is 17.0 Å². The summed E-state index contributed by atoms with van der Waals surface area (Å²) in [5.74, 6) is -1.40. The number of aliphatic hydroxyl groups excluding tert-OH is 1. The van der Waals surface area contributed by atoms with Crippen molar-refractivity contribution >= 4 is 35.2 Å². The third-order valence-electron chi connectivity index (χ3n) is 9.11. The van der Waals surface area contributed by atoms with Crippen molar-refractivity contribution in [3.05, 3.63) is 96.1 Å². The van der Waals surface area contributed by atoms with Gasteiger partial charge in [-0.3, -0.25) is 14.4 Å². The highest BCUT2D eigenvalue weighted by Crippen LogP contribution is 2.72. The van der Waals surface area contributed by atoms with Crippen molar-refractivity contribution in [2.45, 2.75) is 47.9 Å². The molecule has 8 nitrogen and oxygen atoms in total. The Morgan fingerprint density at radius 1 is 1.00 bits per heavy atom. The lowest BCUT2D eigenvalue weighted by Crippen LogP contribution is -2.53. The molecule has 0 radical (unpaired) electrons. The highest BCUT2D eigenvalue weighted by atomic mass is 32.2. The third kappa shape index (κ3) is 4.65. The van der Waals surface area contributed by atoms with Gasteiger partial charge in [0.2, 0.25) is 17.7 Å². The number of amides is 3. The maximum Gasteiger partial charge on any atom is 0.248 e. The van der Waals surface area contributed by atoms with Crippen molar-refractivity contribution in [1.82, 2.24) is 10.2 Å². The first-order chi connectivity index (χ1) is 20.3. The Balaban J connectivity index is 1.37. The molecule has 218 valence electrons. The van der Waals surface area contributed by atoms with Gasteiger partial charge in [-0.05, 0) is 55.2 Å². The van der Waals surface area contributed by atoms with Crippen LogP contribution in [0.4, 0.5) is 5.69 Å². The number of ether oxygens (including phenoxy) is 1. The monoisotopic (exact) mass is 585 g/mol. The molecule has 3 aromatic rings. The molecular formula is C33H35N3O5S. The van der Waals surface area contributed by atoms with E-state index < -0.39 is 33.4 Å². The fraction of sp³-hybridized carbons (Fsp3) is 0.364. The number of thioether (sulfide) groups is 1. The summed E-state index contributed by atoms with van der Waals surface area (Å²) >= 11 is 1.61. The average Bonchev–Trinajstić information content (AvgIpc) is 3.58. The smallest absolute Gasteiger partial charge is 0.248 e. The van der Waals surface area contributed by atoms with E-state index in [1.165, 1.54) is 0 Å². The van der Waals surface area contributed by atoms with E-state index in [2.05, 4.69) is 10.6 Å². The van der Waals surface area contributed by atoms with Gasteiger partial charge in [0.15, 0.2) is 0 Å². The Bertz CT molecular complexity index is 1470. The second-order valence-electron chi connectivity index (χ2n) is 11.5. The Morgan fingerprint density at radius 3 is 2.31 bits per heavy atom. The highest BCUT2D eigenvalue weighted by Gasteiger charge is 2.77. The Kier molecular flexibility index (Phi) is 7.49. The number of methoxy groups -OCH3 is 1. The molecule has 0 aromatic heterocycles. The predicted octanol–water partition coefficient (Wildman–Crippen LogP) is 4.17. The molecule has 3 N–H and O–H groups in total. The van der Waals surface area contributed by atoms with Gasteiger partial charge in [-0.1, -0.05) is 60.7 Å². The lowest BCUT2D eigenvalue weighted by atomic mass is 9.66. The predicted molar refractivity (Wildman–Crippen MR) is 162 cm³/mol. The maximum absolute atomic E-state index is 14.6. The standard InChI is InChI=1S/C33H35N3O5S/c1-32-17-18-33(42-32)27(26(32)29(38)34-19-21-9-5-3-6-10-21)31(40)36(25(20-37)22-11-7-4-8-12-22)28(33)30(39)35-23-13-15-24(41-2)16-14-23/h3-16,25-28,37H,17-20H2,1-2H3,(H,34,38)(H,35,39)/t25-,26-,27+,28?,32+,33?/m1/s1. The highest BCUT2D eigenvalue weighted by molar-refractivity contribution is 8.02. The number of benzene rings is 3. The number of fused-ring (bicyclic) bond motifs is 1. The Labute approximate surface area is 249 Å². The van der Waals surface area contributed by atoms with Crippen LogP contribution < -0.4 is 15.4 Å². The van der Waals surface area contributed by atoms with E-state index in [9.17, 15) is 19.5 Å². The number of nitrogens with zero attached hydrogens (tertiary/aromatic N) is 1. The van der Waals surface area contributed by atoms with Crippen LogP contribution in [-0.2, 0) is 20.9 Å². The van der Waals surface area contributed by atoms with Crippen LogP contribution in [0.25, 0.3) is 0 Å². The number of hydrogen-bond acceptors (Lipinski definition) is 6. The van der Waals surface area contributed by atoms with Crippen molar-refractivity contribution in [3.8, 4) is 5.75 Å². The van der Waals surface area contributed by atoms with Gasteiger partial charge in [0.25, 0.3) is 0 Å². The molecule has 3 aromatic carbocycles. The molecule has 6 atom stereocenters. The van der Waals surface area contributed by atoms with Crippen molar-refractivity contribution in [2.24, 2.45) is 11.8 Å². The first kappa shape index (κ1) is 28.3. The molecule has 3 amide bonds. The molecule has 3 aliphatic rings. The number of aliphatic hydroxyl groups is 1. The lowest BCUT2D eigenvalue weighted by Gasteiger charge is -2.37. The van der Waals surface area contributed by atoms with Crippen molar-refractivity contribution in [2.75, 3.05) is 19.0 Å². The first-order valence-corrected chi connectivity index (χ1v) is 15.1. The Morgan fingerprint density at radius 2 is 1.67 bits per heavy atom. The molecule has 2 bridgehead atoms. The van der Waals surface area contributed by atoms with E-state index >= 15 is 0 Å². The molecular weight excluding hydrogens is 550 g/mol. The second-order valence-corrected chi connectivity index (χ2v) is 13.4. The SMILES string of the molecule is COc1ccc(NC(=O)C2N([C@H](CO)c3ccccc3)C(=O)[C@@H]3[C@H](C(=O)NCc4ccccc4)[C@]4(C)CCC23S4)cc1. The largest absolute Gasteiger partial charge is 0.497 e. The van der Waals surface area contributed by atoms with Gasteiger partial charge in [-0.25, -0.2) is 0 Å². The maximum atomic E-state index is 14.6. The molecule has 0 aliphatic carbocycles. The second kappa shape index (κ2) is 11.1. The number of carbonyl (C=O) groups is 3. The van der Waals surface area contributed by atoms with Crippen LogP contribution in [0.3, 0.4) is 0 Å². The van der Waals surface area contributed by atoms with Crippen LogP contribution in [0.5, 0.6) is 5.75 Å². The quantitative estimate of drug-likeness (QED) is 0.348. The van der Waals surface area contributed by atoms with E-state index in [0.717, 1.165) is 11.1 Å². The van der Waals surface area contributed by atoms with Crippen molar-refractivity contribution < 1.29 is 24.2 Å². The van der Waals surface area contributed by atoms with Crippen LogP contribution >= 0.6 is 11.8 Å². The third-order valence-corrected chi connectivity index (χ3v) is 11.1. The number of rotatable bonds is 9. The van der Waals surface area contributed by atoms with Crippen LogP contribution in [-0.4, -0.2) is 57.0 Å². The summed E-state index contributed by atoms with van der Waals surface area (Å²) in [6, 6.07) is 24.4. The zero-order valence-corrected chi connectivity index (χ0v) is 24.5. The summed E-state index contributed by atoms with van der Waals surface area (Å²) in [5.41, 5.74) is 2.29. The molecule has 2 unspecified atom stereocenters. The van der Waals surface area contributed by atoms with Gasteiger partial charge < -0.3 is 25.4 Å². The summed E-state index contributed by atoms with van der Waals surface area (Å²) in [5, 5.41) is 16.8. The van der Waals surface area contributed by atoms with E-state index in [0.29, 0.717) is 30.8 Å². The lowest BCUT2D eigenvalue weighted by molar-refractivity contribution is -0.142. The number of hydrogen-bond donors (Lipinski definition) is 3. The van der Waals surface area contributed by atoms with Gasteiger partial charge >= 0.3 is 0 Å².